The Morgan fingerprint density at radius 1 is 1.11 bits per heavy atom. The summed E-state index contributed by atoms with van der Waals surface area (Å²) in [6.07, 6.45) is 2.40. The quantitative estimate of drug-likeness (QED) is 0.340. The van der Waals surface area contributed by atoms with Gasteiger partial charge in [0.15, 0.2) is 5.69 Å². The molecule has 4 rings (SSSR count). The van der Waals surface area contributed by atoms with E-state index in [1.54, 1.807) is 0 Å². The predicted octanol–water partition coefficient (Wildman–Crippen LogP) is 4.12. The van der Waals surface area contributed by atoms with Crippen LogP contribution in [0, 0.1) is 0 Å². The number of aromatic amines is 1. The van der Waals surface area contributed by atoms with Gasteiger partial charge in [-0.3, -0.25) is 9.59 Å². The summed E-state index contributed by atoms with van der Waals surface area (Å²) < 4.78 is 8.03. The predicted molar refractivity (Wildman–Crippen MR) is 144 cm³/mol. The van der Waals surface area contributed by atoms with Crippen LogP contribution in [0.1, 0.15) is 49.6 Å². The summed E-state index contributed by atoms with van der Waals surface area (Å²) in [4.78, 5) is 35.9. The molecule has 0 atom stereocenters. The lowest BCUT2D eigenvalue weighted by molar-refractivity contribution is 0.0652. The largest absolute Gasteiger partial charge is 0.481 e. The van der Waals surface area contributed by atoms with Crippen LogP contribution in [0.2, 0.25) is 0 Å². The highest BCUT2D eigenvalue weighted by atomic mass is 16.5. The van der Waals surface area contributed by atoms with Gasteiger partial charge in [0, 0.05) is 36.3 Å². The number of para-hydroxylation sites is 1. The number of fused-ring (bicyclic) bond motifs is 1. The van der Waals surface area contributed by atoms with E-state index in [0.717, 1.165) is 16.5 Å². The van der Waals surface area contributed by atoms with E-state index < -0.39 is 17.0 Å². The van der Waals surface area contributed by atoms with Crippen LogP contribution >= 0.6 is 0 Å². The van der Waals surface area contributed by atoms with E-state index in [2.05, 4.69) is 46.6 Å². The lowest BCUT2D eigenvalue weighted by atomic mass is 9.99. The van der Waals surface area contributed by atoms with Gasteiger partial charge in [0.2, 0.25) is 5.75 Å². The van der Waals surface area contributed by atoms with Gasteiger partial charge in [-0.2, -0.15) is 0 Å². The molecular formula is C29H34N4O4. The van der Waals surface area contributed by atoms with Crippen molar-refractivity contribution < 1.29 is 14.6 Å². The van der Waals surface area contributed by atoms with E-state index >= 15 is 0 Å². The Morgan fingerprint density at radius 3 is 2.51 bits per heavy atom. The fourth-order valence-corrected chi connectivity index (χ4v) is 4.55. The van der Waals surface area contributed by atoms with Gasteiger partial charge in [-0.25, -0.2) is 4.98 Å². The van der Waals surface area contributed by atoms with Crippen molar-refractivity contribution in [1.29, 1.82) is 0 Å². The minimum absolute atomic E-state index is 0.0509. The van der Waals surface area contributed by atoms with Crippen LogP contribution in [0.4, 0.5) is 0 Å². The van der Waals surface area contributed by atoms with Crippen LogP contribution < -0.4 is 10.3 Å². The van der Waals surface area contributed by atoms with Gasteiger partial charge in [-0.15, -0.1) is 0 Å². The number of aliphatic hydroxyl groups is 1. The van der Waals surface area contributed by atoms with Gasteiger partial charge < -0.3 is 24.3 Å². The third kappa shape index (κ3) is 5.75. The Morgan fingerprint density at radius 2 is 1.81 bits per heavy atom. The smallest absolute Gasteiger partial charge is 0.294 e. The van der Waals surface area contributed by atoms with Crippen molar-refractivity contribution in [3.05, 3.63) is 94.3 Å². The number of benzene rings is 2. The highest BCUT2D eigenvalue weighted by molar-refractivity contribution is 5.95. The number of aromatic nitrogens is 3. The Kier molecular flexibility index (Phi) is 7.78. The van der Waals surface area contributed by atoms with E-state index in [1.165, 1.54) is 4.90 Å². The van der Waals surface area contributed by atoms with E-state index in [4.69, 9.17) is 4.74 Å². The molecule has 8 heteroatoms. The average Bonchev–Trinajstić information content (AvgIpc) is 3.31. The number of hydrogen-bond acceptors (Lipinski definition) is 5. The van der Waals surface area contributed by atoms with Crippen LogP contribution in [0.3, 0.4) is 0 Å². The summed E-state index contributed by atoms with van der Waals surface area (Å²) in [6, 6.07) is 19.4. The minimum Gasteiger partial charge on any atom is -0.481 e. The highest BCUT2D eigenvalue weighted by Crippen LogP contribution is 2.27. The van der Waals surface area contributed by atoms with E-state index in [9.17, 15) is 14.7 Å². The van der Waals surface area contributed by atoms with Gasteiger partial charge in [0.25, 0.3) is 11.5 Å². The maximum Gasteiger partial charge on any atom is 0.294 e. The minimum atomic E-state index is -0.509. The molecule has 1 amide bonds. The van der Waals surface area contributed by atoms with Crippen LogP contribution in [-0.4, -0.2) is 49.6 Å². The first-order valence-corrected chi connectivity index (χ1v) is 12.5. The number of carbonyl (C=O) groups excluding carboxylic acids is 1. The van der Waals surface area contributed by atoms with Crippen molar-refractivity contribution >= 4 is 16.8 Å². The Bertz CT molecular complexity index is 1420. The molecule has 2 aromatic heterocycles. The highest BCUT2D eigenvalue weighted by Gasteiger charge is 2.29. The number of nitrogens with zero attached hydrogens (tertiary/aromatic N) is 3. The summed E-state index contributed by atoms with van der Waals surface area (Å²) in [5, 5.41) is 10.7. The lowest BCUT2D eigenvalue weighted by Gasteiger charge is -2.29. The fraction of sp³-hybridized carbons (Fsp3) is 0.345. The normalized spacial score (nSPS) is 11.7. The van der Waals surface area contributed by atoms with E-state index in [-0.39, 0.29) is 37.2 Å². The number of amides is 1. The van der Waals surface area contributed by atoms with Crippen molar-refractivity contribution in [1.82, 2.24) is 19.4 Å². The van der Waals surface area contributed by atoms with Crippen LogP contribution in [0.5, 0.6) is 5.75 Å². The lowest BCUT2D eigenvalue weighted by Crippen LogP contribution is -2.40. The molecule has 0 unspecified atom stereocenters. The number of H-pyrrole nitrogens is 1. The zero-order valence-electron chi connectivity index (χ0n) is 21.8. The number of aliphatic hydroxyl groups excluding tert-OH is 1. The molecule has 0 aliphatic heterocycles. The molecule has 0 aliphatic carbocycles. The molecule has 194 valence electrons. The van der Waals surface area contributed by atoms with Crippen molar-refractivity contribution in [3.8, 4) is 5.75 Å². The molecule has 0 saturated heterocycles. The number of carbonyl (C=O) groups is 1. The molecule has 8 nitrogen and oxygen atoms in total. The summed E-state index contributed by atoms with van der Waals surface area (Å²) in [5.74, 6) is -0.190. The van der Waals surface area contributed by atoms with Crippen LogP contribution in [-0.2, 0) is 18.6 Å². The topological polar surface area (TPSA) is 100 Å². The average molecular weight is 503 g/mol. The summed E-state index contributed by atoms with van der Waals surface area (Å²) in [7, 11) is 0. The summed E-state index contributed by atoms with van der Waals surface area (Å²) >= 11 is 0. The van der Waals surface area contributed by atoms with Crippen molar-refractivity contribution in [2.24, 2.45) is 0 Å². The molecule has 0 fully saturated rings. The zero-order chi connectivity index (χ0) is 26.6. The number of rotatable bonds is 10. The van der Waals surface area contributed by atoms with Gasteiger partial charge in [0.05, 0.1) is 6.61 Å². The molecule has 2 aromatic carbocycles. The maximum absolute atomic E-state index is 13.6. The number of ether oxygens (including phenoxy) is 1. The molecule has 0 spiro atoms. The first-order valence-electron chi connectivity index (χ1n) is 12.5. The summed E-state index contributed by atoms with van der Waals surface area (Å²) in [6.45, 7) is 7.87. The third-order valence-electron chi connectivity index (χ3n) is 6.43. The number of hydrogen-bond donors (Lipinski definition) is 2. The van der Waals surface area contributed by atoms with Gasteiger partial charge >= 0.3 is 0 Å². The Balaban J connectivity index is 1.73. The van der Waals surface area contributed by atoms with Gasteiger partial charge in [-0.05, 0) is 50.8 Å². The molecule has 0 saturated carbocycles. The molecular weight excluding hydrogens is 468 g/mol. The zero-order valence-corrected chi connectivity index (χ0v) is 21.8. The second-order valence-electron chi connectivity index (χ2n) is 10.0. The SMILES string of the molecule is CC(C)N(CCO)C(=O)c1nc(CC(C)(C)n2ccc3ccccc32)[nH]c(=O)c1OCc1ccccc1. The second kappa shape index (κ2) is 11.0. The first kappa shape index (κ1) is 26.2. The Hall–Kier alpha value is -3.91. The van der Waals surface area contributed by atoms with Crippen LogP contribution in [0.25, 0.3) is 10.9 Å². The molecule has 2 heterocycles. The fourth-order valence-electron chi connectivity index (χ4n) is 4.55. The van der Waals surface area contributed by atoms with Crippen LogP contribution in [0.15, 0.2) is 71.7 Å². The molecule has 0 aliphatic rings. The maximum atomic E-state index is 13.6. The van der Waals surface area contributed by atoms with Gasteiger partial charge in [0.1, 0.15) is 12.4 Å². The van der Waals surface area contributed by atoms with E-state index in [0.29, 0.717) is 12.2 Å². The first-order chi connectivity index (χ1) is 17.7. The molecule has 0 radical (unpaired) electrons. The Labute approximate surface area is 216 Å². The second-order valence-corrected chi connectivity index (χ2v) is 10.0. The van der Waals surface area contributed by atoms with Crippen molar-refractivity contribution in [2.45, 2.75) is 52.3 Å². The molecule has 37 heavy (non-hydrogen) atoms. The van der Waals surface area contributed by atoms with E-state index in [1.807, 2.05) is 62.5 Å². The number of nitrogens with one attached hydrogen (secondary N) is 1. The van der Waals surface area contributed by atoms with Gasteiger partial charge in [-0.1, -0.05) is 48.5 Å². The molecule has 0 bridgehead atoms. The monoisotopic (exact) mass is 502 g/mol. The molecule has 4 aromatic rings. The molecule has 2 N–H and O–H groups in total. The van der Waals surface area contributed by atoms with Crippen molar-refractivity contribution in [2.75, 3.05) is 13.2 Å². The third-order valence-corrected chi connectivity index (χ3v) is 6.43. The standard InChI is InChI=1S/C29H34N4O4/c1-20(2)32(16-17-34)28(36)25-26(37-19-21-10-6-5-7-11-21)27(35)31-24(30-25)18-29(3,4)33-15-14-22-12-8-9-13-23(22)33/h5-15,20,34H,16-19H2,1-4H3,(H,30,31,35). The summed E-state index contributed by atoms with van der Waals surface area (Å²) in [5.41, 5.74) is 0.924. The van der Waals surface area contributed by atoms with Crippen molar-refractivity contribution in [3.63, 3.8) is 0 Å².